The van der Waals surface area contributed by atoms with Crippen molar-refractivity contribution < 1.29 is 13.2 Å². The van der Waals surface area contributed by atoms with Gasteiger partial charge in [-0.05, 0) is 44.0 Å². The molecule has 0 radical (unpaired) electrons. The van der Waals surface area contributed by atoms with Gasteiger partial charge in [0.25, 0.3) is 15.6 Å². The number of hydrogen-bond donors (Lipinski definition) is 1. The summed E-state index contributed by atoms with van der Waals surface area (Å²) < 4.78 is 34.2. The number of anilines is 1. The number of fused-ring (bicyclic) bond motifs is 1. The van der Waals surface area contributed by atoms with Crippen LogP contribution in [0.4, 0.5) is 5.69 Å². The highest BCUT2D eigenvalue weighted by Gasteiger charge is 2.29. The molecule has 0 amide bonds. The summed E-state index contributed by atoms with van der Waals surface area (Å²) in [7, 11) is -2.16. The quantitative estimate of drug-likeness (QED) is 0.668. The number of H-pyrrole nitrogens is 1. The SMILES string of the molecule is CCN(c1ccccc1)S(=O)(=O)c1ccc(-n2[nH]c3c(c2=O)CCC3OC)nc1. The molecule has 4 rings (SSSR count). The lowest BCUT2D eigenvalue weighted by molar-refractivity contribution is 0.101. The number of benzene rings is 1. The van der Waals surface area contributed by atoms with Crippen LogP contribution < -0.4 is 9.86 Å². The van der Waals surface area contributed by atoms with E-state index in [4.69, 9.17) is 4.74 Å². The predicted octanol–water partition coefficient (Wildman–Crippen LogP) is 2.41. The largest absolute Gasteiger partial charge is 0.375 e. The second kappa shape index (κ2) is 7.49. The maximum atomic E-state index is 13.1. The molecule has 0 bridgehead atoms. The van der Waals surface area contributed by atoms with Gasteiger partial charge < -0.3 is 4.74 Å². The smallest absolute Gasteiger partial charge is 0.276 e. The van der Waals surface area contributed by atoms with Gasteiger partial charge in [-0.3, -0.25) is 14.2 Å². The molecular formula is C20H22N4O4S. The number of rotatable bonds is 6. The Morgan fingerprint density at radius 1 is 1.24 bits per heavy atom. The maximum absolute atomic E-state index is 13.1. The zero-order chi connectivity index (χ0) is 20.6. The van der Waals surface area contributed by atoms with Gasteiger partial charge in [-0.2, -0.15) is 0 Å². The van der Waals surface area contributed by atoms with Gasteiger partial charge in [-0.1, -0.05) is 18.2 Å². The van der Waals surface area contributed by atoms with Gasteiger partial charge >= 0.3 is 0 Å². The zero-order valence-corrected chi connectivity index (χ0v) is 17.0. The van der Waals surface area contributed by atoms with E-state index in [1.54, 1.807) is 38.3 Å². The van der Waals surface area contributed by atoms with Crippen molar-refractivity contribution in [1.82, 2.24) is 14.8 Å². The molecule has 0 spiro atoms. The monoisotopic (exact) mass is 414 g/mol. The topological polar surface area (TPSA) is 97.3 Å². The normalized spacial score (nSPS) is 16.0. The second-order valence-electron chi connectivity index (χ2n) is 6.77. The molecule has 0 fully saturated rings. The molecule has 29 heavy (non-hydrogen) atoms. The lowest BCUT2D eigenvalue weighted by Crippen LogP contribution is -2.31. The molecule has 8 nitrogen and oxygen atoms in total. The van der Waals surface area contributed by atoms with Gasteiger partial charge in [0.2, 0.25) is 0 Å². The molecule has 0 saturated carbocycles. The minimum atomic E-state index is -3.77. The van der Waals surface area contributed by atoms with Crippen LogP contribution in [0.15, 0.2) is 58.4 Å². The van der Waals surface area contributed by atoms with E-state index in [9.17, 15) is 13.2 Å². The molecular weight excluding hydrogens is 392 g/mol. The molecule has 1 aliphatic carbocycles. The van der Waals surface area contributed by atoms with Crippen molar-refractivity contribution in [3.8, 4) is 5.82 Å². The highest BCUT2D eigenvalue weighted by atomic mass is 32.2. The molecule has 1 aliphatic rings. The second-order valence-corrected chi connectivity index (χ2v) is 8.63. The van der Waals surface area contributed by atoms with Crippen molar-refractivity contribution in [2.75, 3.05) is 18.0 Å². The van der Waals surface area contributed by atoms with Crippen molar-refractivity contribution in [3.63, 3.8) is 0 Å². The van der Waals surface area contributed by atoms with Crippen LogP contribution in [0.5, 0.6) is 0 Å². The minimum Gasteiger partial charge on any atom is -0.375 e. The fourth-order valence-electron chi connectivity index (χ4n) is 3.68. The first-order chi connectivity index (χ1) is 14.0. The Balaban J connectivity index is 1.68. The minimum absolute atomic E-state index is 0.0638. The summed E-state index contributed by atoms with van der Waals surface area (Å²) in [6.07, 6.45) is 2.56. The summed E-state index contributed by atoms with van der Waals surface area (Å²) >= 11 is 0. The Kier molecular flexibility index (Phi) is 5.01. The molecule has 0 saturated heterocycles. The Bertz CT molecular complexity index is 1170. The van der Waals surface area contributed by atoms with Crippen LogP contribution in [-0.2, 0) is 21.2 Å². The molecule has 0 aliphatic heterocycles. The molecule has 9 heteroatoms. The highest BCUT2D eigenvalue weighted by Crippen LogP contribution is 2.30. The number of nitrogens with one attached hydrogen (secondary N) is 1. The van der Waals surface area contributed by atoms with Crippen molar-refractivity contribution in [2.45, 2.75) is 30.8 Å². The third-order valence-electron chi connectivity index (χ3n) is 5.15. The average molecular weight is 414 g/mol. The van der Waals surface area contributed by atoms with Crippen molar-refractivity contribution >= 4 is 15.7 Å². The average Bonchev–Trinajstić information content (AvgIpc) is 3.29. The first kappa shape index (κ1) is 19.4. The molecule has 2 aromatic heterocycles. The van der Waals surface area contributed by atoms with Crippen molar-refractivity contribution in [1.29, 1.82) is 0 Å². The van der Waals surface area contributed by atoms with E-state index >= 15 is 0 Å². The molecule has 1 atom stereocenters. The molecule has 2 heterocycles. The van der Waals surface area contributed by atoms with Crippen molar-refractivity contribution in [3.05, 3.63) is 70.3 Å². The fourth-order valence-corrected chi connectivity index (χ4v) is 5.10. The van der Waals surface area contributed by atoms with Gasteiger partial charge in [-0.15, -0.1) is 0 Å². The van der Waals surface area contributed by atoms with E-state index in [1.807, 2.05) is 6.07 Å². The number of sulfonamides is 1. The van der Waals surface area contributed by atoms with E-state index in [2.05, 4.69) is 10.1 Å². The molecule has 3 aromatic rings. The van der Waals surface area contributed by atoms with Gasteiger partial charge in [-0.25, -0.2) is 18.1 Å². The first-order valence-electron chi connectivity index (χ1n) is 9.38. The van der Waals surface area contributed by atoms with Crippen LogP contribution >= 0.6 is 0 Å². The van der Waals surface area contributed by atoms with Crippen LogP contribution in [0, 0.1) is 0 Å². The Morgan fingerprint density at radius 3 is 2.62 bits per heavy atom. The third-order valence-corrected chi connectivity index (χ3v) is 7.04. The van der Waals surface area contributed by atoms with Gasteiger partial charge in [0.1, 0.15) is 4.90 Å². The summed E-state index contributed by atoms with van der Waals surface area (Å²) in [4.78, 5) is 17.0. The first-order valence-corrected chi connectivity index (χ1v) is 10.8. The number of aromatic amines is 1. The molecule has 152 valence electrons. The number of ether oxygens (including phenoxy) is 1. The van der Waals surface area contributed by atoms with Crippen LogP contribution in [0.3, 0.4) is 0 Å². The summed E-state index contributed by atoms with van der Waals surface area (Å²) in [5.74, 6) is 0.334. The number of hydrogen-bond acceptors (Lipinski definition) is 5. The van der Waals surface area contributed by atoms with E-state index in [0.29, 0.717) is 23.5 Å². The van der Waals surface area contributed by atoms with Crippen LogP contribution in [-0.4, -0.2) is 36.8 Å². The number of pyridine rings is 1. The van der Waals surface area contributed by atoms with Crippen LogP contribution in [0.2, 0.25) is 0 Å². The standard InChI is InChI=1S/C20H22N4O4S/c1-3-23(14-7-5-4-6-8-14)29(26,27)15-9-12-18(21-13-15)24-20(25)16-10-11-17(28-2)19(16)22-24/h4-9,12-13,17,22H,3,10-11H2,1-2H3. The number of nitrogens with zero attached hydrogens (tertiary/aromatic N) is 3. The summed E-state index contributed by atoms with van der Waals surface area (Å²) in [5, 5.41) is 3.05. The number of para-hydroxylation sites is 1. The molecule has 1 aromatic carbocycles. The lowest BCUT2D eigenvalue weighted by atomic mass is 10.3. The molecule has 1 unspecified atom stereocenters. The number of methoxy groups -OCH3 is 1. The maximum Gasteiger partial charge on any atom is 0.276 e. The Hall–Kier alpha value is -2.91. The summed E-state index contributed by atoms with van der Waals surface area (Å²) in [5.41, 5.74) is 1.86. The Morgan fingerprint density at radius 2 is 2.00 bits per heavy atom. The highest BCUT2D eigenvalue weighted by molar-refractivity contribution is 7.92. The lowest BCUT2D eigenvalue weighted by Gasteiger charge is -2.22. The molecule has 1 N–H and O–H groups in total. The van der Waals surface area contributed by atoms with E-state index in [0.717, 1.165) is 12.1 Å². The zero-order valence-electron chi connectivity index (χ0n) is 16.2. The summed E-state index contributed by atoms with van der Waals surface area (Å²) in [6, 6.07) is 11.9. The predicted molar refractivity (Wildman–Crippen MR) is 109 cm³/mol. The van der Waals surface area contributed by atoms with Crippen LogP contribution in [0.25, 0.3) is 5.82 Å². The van der Waals surface area contributed by atoms with Gasteiger partial charge in [0.05, 0.1) is 17.5 Å². The summed E-state index contributed by atoms with van der Waals surface area (Å²) in [6.45, 7) is 2.06. The van der Waals surface area contributed by atoms with Crippen LogP contribution in [0.1, 0.15) is 30.7 Å². The van der Waals surface area contributed by atoms with E-state index < -0.39 is 10.0 Å². The number of aromatic nitrogens is 3. The third kappa shape index (κ3) is 3.26. The van der Waals surface area contributed by atoms with E-state index in [-0.39, 0.29) is 23.1 Å². The Labute approximate surface area is 168 Å². The van der Waals surface area contributed by atoms with E-state index in [1.165, 1.54) is 27.3 Å². The van der Waals surface area contributed by atoms with Crippen molar-refractivity contribution in [2.24, 2.45) is 0 Å². The fraction of sp³-hybridized carbons (Fsp3) is 0.300. The van der Waals surface area contributed by atoms with Gasteiger partial charge in [0.15, 0.2) is 5.82 Å². The van der Waals surface area contributed by atoms with Gasteiger partial charge in [0, 0.05) is 25.4 Å².